The van der Waals surface area contributed by atoms with Crippen molar-refractivity contribution in [1.29, 1.82) is 0 Å². The Morgan fingerprint density at radius 2 is 2.07 bits per heavy atom. The summed E-state index contributed by atoms with van der Waals surface area (Å²) in [5.74, 6) is 1.17. The van der Waals surface area contributed by atoms with Crippen molar-refractivity contribution < 1.29 is 5.11 Å². The molecule has 2 aliphatic carbocycles. The molecular weight excluding hydrogens is 176 g/mol. The van der Waals surface area contributed by atoms with Gasteiger partial charge >= 0.3 is 0 Å². The number of nitrogens with zero attached hydrogens (tertiary/aromatic N) is 2. The van der Waals surface area contributed by atoms with Gasteiger partial charge in [0.05, 0.1) is 5.60 Å². The summed E-state index contributed by atoms with van der Waals surface area (Å²) in [4.78, 5) is 7.97. The van der Waals surface area contributed by atoms with Crippen LogP contribution in [-0.2, 0) is 5.60 Å². The molecule has 0 radical (unpaired) electrons. The Morgan fingerprint density at radius 3 is 2.64 bits per heavy atom. The molecule has 0 aromatic carbocycles. The second-order valence-electron chi connectivity index (χ2n) is 4.63. The highest BCUT2D eigenvalue weighted by Crippen LogP contribution is 2.55. The number of aromatic nitrogens is 2. The summed E-state index contributed by atoms with van der Waals surface area (Å²) in [7, 11) is 0. The molecule has 1 aromatic rings. The largest absolute Gasteiger partial charge is 0.385 e. The zero-order chi connectivity index (χ0) is 9.60. The van der Waals surface area contributed by atoms with Crippen molar-refractivity contribution in [2.24, 2.45) is 11.8 Å². The average molecular weight is 190 g/mol. The first-order valence-electron chi connectivity index (χ1n) is 5.27. The van der Waals surface area contributed by atoms with Gasteiger partial charge in [0, 0.05) is 18.0 Å². The predicted octanol–water partition coefficient (Wildman–Crippen LogP) is 1.48. The van der Waals surface area contributed by atoms with Crippen LogP contribution < -0.4 is 0 Å². The average Bonchev–Trinajstić information content (AvgIpc) is 2.79. The zero-order valence-corrected chi connectivity index (χ0v) is 8.06. The standard InChI is InChI=1S/C11H14N2O/c14-11(10-5-12-7-13-6-10)4-8-1-2-9(11)3-8/h5-9,14H,1-4H2. The van der Waals surface area contributed by atoms with Crippen LogP contribution in [0.2, 0.25) is 0 Å². The molecule has 0 amide bonds. The summed E-state index contributed by atoms with van der Waals surface area (Å²) >= 11 is 0. The normalized spacial score (nSPS) is 40.4. The second-order valence-corrected chi connectivity index (χ2v) is 4.63. The van der Waals surface area contributed by atoms with E-state index < -0.39 is 5.60 Å². The smallest absolute Gasteiger partial charge is 0.115 e. The number of hydrogen-bond donors (Lipinski definition) is 1. The molecule has 0 saturated heterocycles. The Kier molecular flexibility index (Phi) is 1.65. The quantitative estimate of drug-likeness (QED) is 0.729. The fraction of sp³-hybridized carbons (Fsp3) is 0.636. The molecule has 3 unspecified atom stereocenters. The Labute approximate surface area is 83.2 Å². The summed E-state index contributed by atoms with van der Waals surface area (Å²) in [6.45, 7) is 0. The van der Waals surface area contributed by atoms with Crippen LogP contribution in [0.15, 0.2) is 18.7 Å². The molecule has 2 fully saturated rings. The first kappa shape index (κ1) is 8.36. The van der Waals surface area contributed by atoms with Crippen LogP contribution in [0.1, 0.15) is 31.2 Å². The molecule has 14 heavy (non-hydrogen) atoms. The lowest BCUT2D eigenvalue weighted by atomic mass is 9.80. The molecule has 2 bridgehead atoms. The molecule has 1 aromatic heterocycles. The highest BCUT2D eigenvalue weighted by Gasteiger charge is 2.51. The van der Waals surface area contributed by atoms with Crippen LogP contribution in [0.3, 0.4) is 0 Å². The minimum atomic E-state index is -0.621. The van der Waals surface area contributed by atoms with E-state index in [4.69, 9.17) is 0 Å². The van der Waals surface area contributed by atoms with Gasteiger partial charge in [-0.1, -0.05) is 0 Å². The molecule has 0 aliphatic heterocycles. The van der Waals surface area contributed by atoms with Crippen LogP contribution in [0.25, 0.3) is 0 Å². The van der Waals surface area contributed by atoms with Crippen LogP contribution in [0.4, 0.5) is 0 Å². The highest BCUT2D eigenvalue weighted by atomic mass is 16.3. The Bertz CT molecular complexity index is 340. The van der Waals surface area contributed by atoms with Crippen molar-refractivity contribution in [2.75, 3.05) is 0 Å². The molecule has 3 nitrogen and oxygen atoms in total. The lowest BCUT2D eigenvalue weighted by molar-refractivity contribution is -0.0188. The minimum Gasteiger partial charge on any atom is -0.385 e. The Balaban J connectivity index is 1.98. The summed E-state index contributed by atoms with van der Waals surface area (Å²) in [6.07, 6.45) is 9.58. The third kappa shape index (κ3) is 1.02. The van der Waals surface area contributed by atoms with Gasteiger partial charge in [0.2, 0.25) is 0 Å². The van der Waals surface area contributed by atoms with Crippen molar-refractivity contribution >= 4 is 0 Å². The van der Waals surface area contributed by atoms with Crippen molar-refractivity contribution in [3.05, 3.63) is 24.3 Å². The number of hydrogen-bond acceptors (Lipinski definition) is 3. The number of aliphatic hydroxyl groups is 1. The van der Waals surface area contributed by atoms with E-state index in [0.717, 1.165) is 24.3 Å². The van der Waals surface area contributed by atoms with Gasteiger partial charge in [-0.15, -0.1) is 0 Å². The van der Waals surface area contributed by atoms with Crippen LogP contribution in [0, 0.1) is 11.8 Å². The third-order valence-corrected chi connectivity index (χ3v) is 3.88. The molecule has 3 heteroatoms. The van der Waals surface area contributed by atoms with E-state index in [1.54, 1.807) is 12.4 Å². The maximum absolute atomic E-state index is 10.6. The van der Waals surface area contributed by atoms with E-state index in [0.29, 0.717) is 5.92 Å². The van der Waals surface area contributed by atoms with Gasteiger partial charge < -0.3 is 5.11 Å². The third-order valence-electron chi connectivity index (χ3n) is 3.88. The lowest BCUT2D eigenvalue weighted by Gasteiger charge is -2.32. The first-order valence-corrected chi connectivity index (χ1v) is 5.27. The predicted molar refractivity (Wildman–Crippen MR) is 51.4 cm³/mol. The zero-order valence-electron chi connectivity index (χ0n) is 8.06. The topological polar surface area (TPSA) is 46.0 Å². The van der Waals surface area contributed by atoms with Gasteiger partial charge in [-0.05, 0) is 37.5 Å². The van der Waals surface area contributed by atoms with Crippen LogP contribution >= 0.6 is 0 Å². The van der Waals surface area contributed by atoms with Gasteiger partial charge in [-0.25, -0.2) is 9.97 Å². The SMILES string of the molecule is OC1(c2cncnc2)CC2CCC1C2. The van der Waals surface area contributed by atoms with E-state index in [1.165, 1.54) is 19.2 Å². The summed E-state index contributed by atoms with van der Waals surface area (Å²) in [5, 5.41) is 10.6. The van der Waals surface area contributed by atoms with Crippen molar-refractivity contribution in [2.45, 2.75) is 31.3 Å². The van der Waals surface area contributed by atoms with E-state index >= 15 is 0 Å². The molecule has 1 heterocycles. The van der Waals surface area contributed by atoms with Crippen LogP contribution in [-0.4, -0.2) is 15.1 Å². The van der Waals surface area contributed by atoms with Crippen molar-refractivity contribution in [3.8, 4) is 0 Å². The molecular formula is C11H14N2O. The van der Waals surface area contributed by atoms with E-state index in [1.807, 2.05) is 0 Å². The van der Waals surface area contributed by atoms with Gasteiger partial charge in [0.25, 0.3) is 0 Å². The molecule has 1 N–H and O–H groups in total. The molecule has 0 spiro atoms. The van der Waals surface area contributed by atoms with Crippen molar-refractivity contribution in [3.63, 3.8) is 0 Å². The summed E-state index contributed by atoms with van der Waals surface area (Å²) in [6, 6.07) is 0. The van der Waals surface area contributed by atoms with Gasteiger partial charge in [0.1, 0.15) is 6.33 Å². The fourth-order valence-corrected chi connectivity index (χ4v) is 3.18. The highest BCUT2D eigenvalue weighted by molar-refractivity contribution is 5.20. The molecule has 3 atom stereocenters. The lowest BCUT2D eigenvalue weighted by Crippen LogP contribution is -2.32. The maximum atomic E-state index is 10.6. The van der Waals surface area contributed by atoms with E-state index in [2.05, 4.69) is 9.97 Å². The van der Waals surface area contributed by atoms with E-state index in [9.17, 15) is 5.11 Å². The fourth-order valence-electron chi connectivity index (χ4n) is 3.18. The Hall–Kier alpha value is -0.960. The summed E-state index contributed by atoms with van der Waals surface area (Å²) in [5.41, 5.74) is 0.289. The van der Waals surface area contributed by atoms with Gasteiger partial charge in [-0.3, -0.25) is 0 Å². The number of rotatable bonds is 1. The molecule has 2 aliphatic rings. The summed E-state index contributed by atoms with van der Waals surface area (Å²) < 4.78 is 0. The number of fused-ring (bicyclic) bond motifs is 2. The molecule has 2 saturated carbocycles. The maximum Gasteiger partial charge on any atom is 0.115 e. The first-order chi connectivity index (χ1) is 6.79. The van der Waals surface area contributed by atoms with Crippen LogP contribution in [0.5, 0.6) is 0 Å². The van der Waals surface area contributed by atoms with E-state index in [-0.39, 0.29) is 0 Å². The second kappa shape index (κ2) is 2.76. The van der Waals surface area contributed by atoms with Crippen molar-refractivity contribution in [1.82, 2.24) is 9.97 Å². The molecule has 3 rings (SSSR count). The van der Waals surface area contributed by atoms with Gasteiger partial charge in [-0.2, -0.15) is 0 Å². The Morgan fingerprint density at radius 1 is 1.29 bits per heavy atom. The minimum absolute atomic E-state index is 0.443. The molecule has 74 valence electrons. The monoisotopic (exact) mass is 190 g/mol. The van der Waals surface area contributed by atoms with Gasteiger partial charge in [0.15, 0.2) is 0 Å².